The predicted molar refractivity (Wildman–Crippen MR) is 90.2 cm³/mol. The van der Waals surface area contributed by atoms with E-state index in [-0.39, 0.29) is 18.7 Å². The maximum Gasteiger partial charge on any atom is 0.280 e. The lowest BCUT2D eigenvalue weighted by Gasteiger charge is -2.16. The molecule has 0 aliphatic carbocycles. The molecule has 2 aliphatic rings. The van der Waals surface area contributed by atoms with Crippen LogP contribution in [0.3, 0.4) is 0 Å². The molecule has 1 atom stereocenters. The molecule has 27 heavy (non-hydrogen) atoms. The zero-order chi connectivity index (χ0) is 18.4. The van der Waals surface area contributed by atoms with Gasteiger partial charge in [-0.3, -0.25) is 4.79 Å². The van der Waals surface area contributed by atoms with Crippen molar-refractivity contribution >= 4 is 5.91 Å². The SMILES string of the molecule is Cc1noc(-c2cn([C@@H]3CCN(C(=O)c4ccc5c(c4)OCO5)C3)nn2)n1. The van der Waals surface area contributed by atoms with Crippen LogP contribution in [0.2, 0.25) is 0 Å². The van der Waals surface area contributed by atoms with Crippen molar-refractivity contribution in [1.82, 2.24) is 30.0 Å². The molecular weight excluding hydrogens is 352 g/mol. The van der Waals surface area contributed by atoms with Gasteiger partial charge in [0.1, 0.15) is 0 Å². The fourth-order valence-electron chi connectivity index (χ4n) is 3.31. The van der Waals surface area contributed by atoms with Crippen LogP contribution in [0.5, 0.6) is 11.5 Å². The number of carbonyl (C=O) groups excluding carboxylic acids is 1. The molecule has 0 spiro atoms. The summed E-state index contributed by atoms with van der Waals surface area (Å²) >= 11 is 0. The van der Waals surface area contributed by atoms with Gasteiger partial charge < -0.3 is 18.9 Å². The van der Waals surface area contributed by atoms with Crippen molar-refractivity contribution in [2.45, 2.75) is 19.4 Å². The Hall–Kier alpha value is -3.43. The first kappa shape index (κ1) is 15.8. The van der Waals surface area contributed by atoms with Crippen molar-refractivity contribution in [2.75, 3.05) is 19.9 Å². The predicted octanol–water partition coefficient (Wildman–Crippen LogP) is 1.45. The van der Waals surface area contributed by atoms with Gasteiger partial charge >= 0.3 is 0 Å². The molecule has 3 aromatic rings. The molecular formula is C17H16N6O4. The zero-order valence-corrected chi connectivity index (χ0v) is 14.5. The van der Waals surface area contributed by atoms with Crippen molar-refractivity contribution in [1.29, 1.82) is 0 Å². The van der Waals surface area contributed by atoms with E-state index in [1.54, 1.807) is 40.9 Å². The number of aryl methyl sites for hydroxylation is 1. The normalized spacial score (nSPS) is 18.3. The number of ether oxygens (including phenoxy) is 2. The van der Waals surface area contributed by atoms with E-state index in [0.717, 1.165) is 6.42 Å². The molecule has 0 radical (unpaired) electrons. The number of hydrogen-bond donors (Lipinski definition) is 0. The molecule has 2 aromatic heterocycles. The Balaban J connectivity index is 1.30. The van der Waals surface area contributed by atoms with Crippen LogP contribution in [-0.4, -0.2) is 55.8 Å². The van der Waals surface area contributed by atoms with E-state index in [1.165, 1.54) is 0 Å². The van der Waals surface area contributed by atoms with E-state index in [0.29, 0.717) is 47.6 Å². The van der Waals surface area contributed by atoms with Crippen LogP contribution in [0.1, 0.15) is 28.6 Å². The molecule has 0 N–H and O–H groups in total. The molecule has 10 nitrogen and oxygen atoms in total. The van der Waals surface area contributed by atoms with E-state index in [4.69, 9.17) is 14.0 Å². The molecule has 0 unspecified atom stereocenters. The number of fused-ring (bicyclic) bond motifs is 1. The Labute approximate surface area is 153 Å². The topological polar surface area (TPSA) is 108 Å². The van der Waals surface area contributed by atoms with Crippen LogP contribution in [0, 0.1) is 6.92 Å². The number of hydrogen-bond acceptors (Lipinski definition) is 8. The van der Waals surface area contributed by atoms with Crippen molar-refractivity contribution < 1.29 is 18.8 Å². The van der Waals surface area contributed by atoms with Gasteiger partial charge in [-0.1, -0.05) is 10.4 Å². The van der Waals surface area contributed by atoms with Crippen molar-refractivity contribution in [3.05, 3.63) is 35.8 Å². The standard InChI is InChI=1S/C17H16N6O4/c1-10-18-16(27-20-10)13-8-23(21-19-13)12-4-5-22(7-12)17(24)11-2-3-14-15(6-11)26-9-25-14/h2-3,6,8,12H,4-5,7,9H2,1H3/t12-/m1/s1. The van der Waals surface area contributed by atoms with Crippen LogP contribution in [0.25, 0.3) is 11.6 Å². The van der Waals surface area contributed by atoms with E-state index in [2.05, 4.69) is 20.5 Å². The number of carbonyl (C=O) groups is 1. The first-order valence-corrected chi connectivity index (χ1v) is 8.59. The molecule has 5 rings (SSSR count). The number of likely N-dealkylation sites (tertiary alicyclic amines) is 1. The quantitative estimate of drug-likeness (QED) is 0.683. The summed E-state index contributed by atoms with van der Waals surface area (Å²) in [6.07, 6.45) is 2.56. The molecule has 4 heterocycles. The van der Waals surface area contributed by atoms with Gasteiger partial charge in [0.25, 0.3) is 11.8 Å². The van der Waals surface area contributed by atoms with Crippen LogP contribution >= 0.6 is 0 Å². The monoisotopic (exact) mass is 368 g/mol. The summed E-state index contributed by atoms with van der Waals surface area (Å²) in [5, 5.41) is 12.0. The second kappa shape index (κ2) is 6.08. The third kappa shape index (κ3) is 2.78. The average Bonchev–Trinajstić information content (AvgIpc) is 3.45. The van der Waals surface area contributed by atoms with E-state index >= 15 is 0 Å². The lowest BCUT2D eigenvalue weighted by molar-refractivity contribution is 0.0786. The molecule has 1 fully saturated rings. The molecule has 1 saturated heterocycles. The van der Waals surface area contributed by atoms with Gasteiger partial charge in [-0.25, -0.2) is 4.68 Å². The fraction of sp³-hybridized carbons (Fsp3) is 0.353. The van der Waals surface area contributed by atoms with Gasteiger partial charge in [-0.05, 0) is 31.5 Å². The van der Waals surface area contributed by atoms with Crippen LogP contribution in [0.4, 0.5) is 0 Å². The summed E-state index contributed by atoms with van der Waals surface area (Å²) in [7, 11) is 0. The molecule has 10 heteroatoms. The molecule has 0 saturated carbocycles. The van der Waals surface area contributed by atoms with Crippen LogP contribution < -0.4 is 9.47 Å². The molecule has 1 amide bonds. The summed E-state index contributed by atoms with van der Waals surface area (Å²) in [5.41, 5.74) is 1.11. The largest absolute Gasteiger partial charge is 0.454 e. The number of benzene rings is 1. The lowest BCUT2D eigenvalue weighted by Crippen LogP contribution is -2.29. The highest BCUT2D eigenvalue weighted by molar-refractivity contribution is 5.95. The van der Waals surface area contributed by atoms with Crippen LogP contribution in [-0.2, 0) is 0 Å². The molecule has 138 valence electrons. The Morgan fingerprint density at radius 1 is 1.26 bits per heavy atom. The van der Waals surface area contributed by atoms with Crippen molar-refractivity contribution in [2.24, 2.45) is 0 Å². The number of nitrogens with zero attached hydrogens (tertiary/aromatic N) is 6. The Morgan fingerprint density at radius 3 is 3.00 bits per heavy atom. The minimum Gasteiger partial charge on any atom is -0.454 e. The van der Waals surface area contributed by atoms with Crippen molar-refractivity contribution in [3.63, 3.8) is 0 Å². The highest BCUT2D eigenvalue weighted by Gasteiger charge is 2.30. The highest BCUT2D eigenvalue weighted by Crippen LogP contribution is 2.33. The fourth-order valence-corrected chi connectivity index (χ4v) is 3.31. The molecule has 0 bridgehead atoms. The summed E-state index contributed by atoms with van der Waals surface area (Å²) in [6, 6.07) is 5.30. The summed E-state index contributed by atoms with van der Waals surface area (Å²) < 4.78 is 17.5. The second-order valence-electron chi connectivity index (χ2n) is 6.49. The van der Waals surface area contributed by atoms with E-state index in [9.17, 15) is 4.79 Å². The minimum atomic E-state index is -0.0383. The Bertz CT molecular complexity index is 1010. The van der Waals surface area contributed by atoms with E-state index < -0.39 is 0 Å². The maximum absolute atomic E-state index is 12.8. The number of rotatable bonds is 3. The third-order valence-electron chi connectivity index (χ3n) is 4.70. The summed E-state index contributed by atoms with van der Waals surface area (Å²) in [4.78, 5) is 18.8. The number of aromatic nitrogens is 5. The summed E-state index contributed by atoms with van der Waals surface area (Å²) in [5.74, 6) is 2.11. The highest BCUT2D eigenvalue weighted by atomic mass is 16.7. The van der Waals surface area contributed by atoms with Gasteiger partial charge in [0.05, 0.1) is 12.2 Å². The van der Waals surface area contributed by atoms with Gasteiger partial charge in [-0.2, -0.15) is 4.98 Å². The molecule has 1 aromatic carbocycles. The minimum absolute atomic E-state index is 0.0383. The van der Waals surface area contributed by atoms with Crippen molar-refractivity contribution in [3.8, 4) is 23.1 Å². The molecule has 2 aliphatic heterocycles. The maximum atomic E-state index is 12.8. The Kier molecular flexibility index (Phi) is 3.56. The zero-order valence-electron chi connectivity index (χ0n) is 14.5. The van der Waals surface area contributed by atoms with Gasteiger partial charge in [0.2, 0.25) is 6.79 Å². The van der Waals surface area contributed by atoms with E-state index in [1.807, 2.05) is 0 Å². The number of amides is 1. The smallest absolute Gasteiger partial charge is 0.280 e. The average molecular weight is 368 g/mol. The van der Waals surface area contributed by atoms with Gasteiger partial charge in [0.15, 0.2) is 23.0 Å². The van der Waals surface area contributed by atoms with Gasteiger partial charge in [-0.15, -0.1) is 5.10 Å². The van der Waals surface area contributed by atoms with Gasteiger partial charge in [0, 0.05) is 18.7 Å². The third-order valence-corrected chi connectivity index (χ3v) is 4.70. The first-order valence-electron chi connectivity index (χ1n) is 8.59. The summed E-state index contributed by atoms with van der Waals surface area (Å²) in [6.45, 7) is 3.13. The van der Waals surface area contributed by atoms with Crippen LogP contribution in [0.15, 0.2) is 28.9 Å². The first-order chi connectivity index (χ1) is 13.2. The second-order valence-corrected chi connectivity index (χ2v) is 6.49. The Morgan fingerprint density at radius 2 is 2.15 bits per heavy atom. The lowest BCUT2D eigenvalue weighted by atomic mass is 10.2.